The fraction of sp³-hybridized carbons (Fsp3) is 0.750. The quantitative estimate of drug-likeness (QED) is 0.800. The van der Waals surface area contributed by atoms with Crippen molar-refractivity contribution >= 4 is 10.0 Å². The highest BCUT2D eigenvalue weighted by Gasteiger charge is 2.19. The van der Waals surface area contributed by atoms with Crippen LogP contribution in [0.15, 0.2) is 11.2 Å². The fourth-order valence-electron chi connectivity index (χ4n) is 1.75. The molecule has 1 heterocycles. The number of hydrogen-bond acceptors (Lipinski definition) is 3. The van der Waals surface area contributed by atoms with Crippen molar-refractivity contribution in [2.45, 2.75) is 58.0 Å². The summed E-state index contributed by atoms with van der Waals surface area (Å²) in [7, 11) is -3.46. The predicted molar refractivity (Wildman–Crippen MR) is 71.8 cm³/mol. The van der Waals surface area contributed by atoms with Gasteiger partial charge in [-0.3, -0.25) is 0 Å². The Labute approximate surface area is 109 Å². The van der Waals surface area contributed by atoms with Gasteiger partial charge in [-0.05, 0) is 26.2 Å². The van der Waals surface area contributed by atoms with Gasteiger partial charge in [0.2, 0.25) is 0 Å². The zero-order valence-electron chi connectivity index (χ0n) is 11.5. The Balaban J connectivity index is 2.50. The standard InChI is InChI=1S/C12H23N3O2S/c1-9(2)6-5-7-10(3)15-18(16,17)12-8-13-11(4)14-12/h8-10,15H,5-7H2,1-4H3,(H,13,14). The van der Waals surface area contributed by atoms with Gasteiger partial charge in [0.05, 0.1) is 6.20 Å². The van der Waals surface area contributed by atoms with E-state index in [4.69, 9.17) is 0 Å². The molecule has 18 heavy (non-hydrogen) atoms. The van der Waals surface area contributed by atoms with Gasteiger partial charge < -0.3 is 4.98 Å². The van der Waals surface area contributed by atoms with E-state index in [-0.39, 0.29) is 11.1 Å². The van der Waals surface area contributed by atoms with Crippen LogP contribution in [0.3, 0.4) is 0 Å². The van der Waals surface area contributed by atoms with Crippen LogP contribution in [0.5, 0.6) is 0 Å². The second-order valence-electron chi connectivity index (χ2n) is 5.18. The Morgan fingerprint density at radius 1 is 1.33 bits per heavy atom. The molecule has 6 heteroatoms. The number of rotatable bonds is 7. The van der Waals surface area contributed by atoms with Crippen LogP contribution in [-0.2, 0) is 10.0 Å². The number of aromatic amines is 1. The van der Waals surface area contributed by atoms with Gasteiger partial charge in [-0.2, -0.15) is 0 Å². The summed E-state index contributed by atoms with van der Waals surface area (Å²) in [5.41, 5.74) is 0. The summed E-state index contributed by atoms with van der Waals surface area (Å²) in [4.78, 5) is 6.64. The van der Waals surface area contributed by atoms with Crippen LogP contribution >= 0.6 is 0 Å². The third-order valence-corrected chi connectivity index (χ3v) is 4.24. The van der Waals surface area contributed by atoms with Crippen LogP contribution in [0.4, 0.5) is 0 Å². The van der Waals surface area contributed by atoms with E-state index < -0.39 is 10.0 Å². The van der Waals surface area contributed by atoms with Crippen molar-refractivity contribution in [2.75, 3.05) is 0 Å². The Kier molecular flexibility index (Phi) is 5.34. The third kappa shape index (κ3) is 4.78. The number of nitrogens with one attached hydrogen (secondary N) is 2. The highest BCUT2D eigenvalue weighted by Crippen LogP contribution is 2.11. The van der Waals surface area contributed by atoms with E-state index in [0.717, 1.165) is 19.3 Å². The summed E-state index contributed by atoms with van der Waals surface area (Å²) in [6.07, 6.45) is 4.35. The minimum atomic E-state index is -3.46. The van der Waals surface area contributed by atoms with E-state index in [1.54, 1.807) is 6.92 Å². The lowest BCUT2D eigenvalue weighted by Crippen LogP contribution is -2.32. The molecule has 0 aromatic carbocycles. The van der Waals surface area contributed by atoms with E-state index in [2.05, 4.69) is 28.5 Å². The van der Waals surface area contributed by atoms with Crippen LogP contribution in [0.2, 0.25) is 0 Å². The molecule has 0 bridgehead atoms. The summed E-state index contributed by atoms with van der Waals surface area (Å²) in [6, 6.07) is -0.0580. The zero-order valence-corrected chi connectivity index (χ0v) is 12.3. The summed E-state index contributed by atoms with van der Waals surface area (Å²) in [6.45, 7) is 7.95. The second kappa shape index (κ2) is 6.33. The van der Waals surface area contributed by atoms with Gasteiger partial charge in [0, 0.05) is 6.04 Å². The van der Waals surface area contributed by atoms with Crippen molar-refractivity contribution in [1.29, 1.82) is 0 Å². The first-order chi connectivity index (χ1) is 8.31. The topological polar surface area (TPSA) is 74.8 Å². The van der Waals surface area contributed by atoms with Crippen molar-refractivity contribution in [3.05, 3.63) is 12.0 Å². The molecule has 5 nitrogen and oxygen atoms in total. The molecule has 1 atom stereocenters. The number of sulfonamides is 1. The van der Waals surface area contributed by atoms with Crippen molar-refractivity contribution in [3.63, 3.8) is 0 Å². The molecule has 0 saturated heterocycles. The Morgan fingerprint density at radius 3 is 2.50 bits per heavy atom. The lowest BCUT2D eigenvalue weighted by atomic mass is 10.0. The number of H-pyrrole nitrogens is 1. The Morgan fingerprint density at radius 2 is 2.00 bits per heavy atom. The number of imidazole rings is 1. The van der Waals surface area contributed by atoms with Gasteiger partial charge in [-0.15, -0.1) is 0 Å². The number of nitrogens with zero attached hydrogens (tertiary/aromatic N) is 1. The normalized spacial score (nSPS) is 14.1. The number of aromatic nitrogens is 2. The van der Waals surface area contributed by atoms with Crippen molar-refractivity contribution in [2.24, 2.45) is 5.92 Å². The summed E-state index contributed by atoms with van der Waals surface area (Å²) >= 11 is 0. The lowest BCUT2D eigenvalue weighted by molar-refractivity contribution is 0.487. The molecule has 0 aliphatic rings. The van der Waals surface area contributed by atoms with Gasteiger partial charge in [0.15, 0.2) is 5.03 Å². The van der Waals surface area contributed by atoms with Gasteiger partial charge in [-0.1, -0.05) is 26.7 Å². The predicted octanol–water partition coefficient (Wildman–Crippen LogP) is 2.21. The van der Waals surface area contributed by atoms with E-state index in [0.29, 0.717) is 11.7 Å². The van der Waals surface area contributed by atoms with Crippen LogP contribution in [0.25, 0.3) is 0 Å². The number of hydrogen-bond donors (Lipinski definition) is 2. The molecule has 104 valence electrons. The SMILES string of the molecule is Cc1ncc(S(=O)(=O)NC(C)CCCC(C)C)[nH]1. The van der Waals surface area contributed by atoms with Crippen LogP contribution in [0.1, 0.15) is 45.9 Å². The molecule has 2 N–H and O–H groups in total. The molecule has 0 fully saturated rings. The average Bonchev–Trinajstić information content (AvgIpc) is 2.64. The zero-order chi connectivity index (χ0) is 13.8. The molecule has 0 spiro atoms. The van der Waals surface area contributed by atoms with Crippen LogP contribution < -0.4 is 4.72 Å². The second-order valence-corrected chi connectivity index (χ2v) is 6.86. The largest absolute Gasteiger partial charge is 0.332 e. The molecular weight excluding hydrogens is 250 g/mol. The molecule has 0 amide bonds. The minimum absolute atomic E-state index is 0.0580. The highest BCUT2D eigenvalue weighted by molar-refractivity contribution is 7.89. The van der Waals surface area contributed by atoms with E-state index in [1.807, 2.05) is 6.92 Å². The lowest BCUT2D eigenvalue weighted by Gasteiger charge is -2.13. The first-order valence-corrected chi connectivity index (χ1v) is 7.83. The van der Waals surface area contributed by atoms with Gasteiger partial charge >= 0.3 is 0 Å². The monoisotopic (exact) mass is 273 g/mol. The van der Waals surface area contributed by atoms with Crippen molar-refractivity contribution < 1.29 is 8.42 Å². The van der Waals surface area contributed by atoms with Crippen LogP contribution in [0, 0.1) is 12.8 Å². The van der Waals surface area contributed by atoms with Crippen molar-refractivity contribution in [1.82, 2.24) is 14.7 Å². The minimum Gasteiger partial charge on any atom is -0.332 e. The van der Waals surface area contributed by atoms with E-state index in [1.165, 1.54) is 6.20 Å². The number of aryl methyl sites for hydroxylation is 1. The molecule has 1 aromatic rings. The molecule has 0 saturated carbocycles. The summed E-state index contributed by atoms with van der Waals surface area (Å²) in [5, 5.41) is 0.135. The summed E-state index contributed by atoms with van der Waals surface area (Å²) in [5.74, 6) is 1.26. The first kappa shape index (κ1) is 15.2. The third-order valence-electron chi connectivity index (χ3n) is 2.74. The molecule has 1 rings (SSSR count). The molecule has 0 radical (unpaired) electrons. The molecule has 0 aliphatic heterocycles. The maximum Gasteiger partial charge on any atom is 0.257 e. The van der Waals surface area contributed by atoms with E-state index >= 15 is 0 Å². The van der Waals surface area contributed by atoms with Gasteiger partial charge in [0.1, 0.15) is 5.82 Å². The first-order valence-electron chi connectivity index (χ1n) is 6.35. The Hall–Kier alpha value is -0.880. The maximum atomic E-state index is 12.0. The molecule has 0 aliphatic carbocycles. The smallest absolute Gasteiger partial charge is 0.257 e. The molecule has 1 aromatic heterocycles. The molecule has 1 unspecified atom stereocenters. The van der Waals surface area contributed by atoms with Crippen molar-refractivity contribution in [3.8, 4) is 0 Å². The maximum absolute atomic E-state index is 12.0. The summed E-state index contributed by atoms with van der Waals surface area (Å²) < 4.78 is 26.6. The highest BCUT2D eigenvalue weighted by atomic mass is 32.2. The average molecular weight is 273 g/mol. The fourth-order valence-corrected chi connectivity index (χ4v) is 3.00. The van der Waals surface area contributed by atoms with Gasteiger partial charge in [-0.25, -0.2) is 18.1 Å². The van der Waals surface area contributed by atoms with Gasteiger partial charge in [0.25, 0.3) is 10.0 Å². The molecular formula is C12H23N3O2S. The Bertz CT molecular complexity index is 465. The van der Waals surface area contributed by atoms with E-state index in [9.17, 15) is 8.42 Å². The van der Waals surface area contributed by atoms with Crippen LogP contribution in [-0.4, -0.2) is 24.4 Å².